The molecule has 0 bridgehead atoms. The van der Waals surface area contributed by atoms with Crippen LogP contribution in [0, 0.1) is 0 Å². The van der Waals surface area contributed by atoms with Crippen molar-refractivity contribution in [2.75, 3.05) is 0 Å². The van der Waals surface area contributed by atoms with E-state index in [2.05, 4.69) is 4.98 Å². The monoisotopic (exact) mass is 431 g/mol. The summed E-state index contributed by atoms with van der Waals surface area (Å²) in [5.74, 6) is 1.74. The van der Waals surface area contributed by atoms with Gasteiger partial charge in [-0.05, 0) is 42.5 Å². The number of pyridine rings is 1. The number of para-hydroxylation sites is 2. The Balaban J connectivity index is 1.56. The van der Waals surface area contributed by atoms with E-state index in [0.29, 0.717) is 45.4 Å². The summed E-state index contributed by atoms with van der Waals surface area (Å²) in [4.78, 5) is 13.9. The third kappa shape index (κ3) is 3.43. The van der Waals surface area contributed by atoms with Crippen molar-refractivity contribution in [1.82, 2.24) is 15.0 Å². The molecule has 0 aliphatic rings. The van der Waals surface area contributed by atoms with E-state index in [-0.39, 0.29) is 5.75 Å². The smallest absolute Gasteiger partial charge is 0.219 e. The molecule has 6 heteroatoms. The SMILES string of the molecule is Oc1ccccc1-c1nc(-c2cccc(Oc3ccccn3)c2)nc2c1oc1ccccc12. The molecule has 0 saturated carbocycles. The van der Waals surface area contributed by atoms with Crippen molar-refractivity contribution in [1.29, 1.82) is 0 Å². The number of furan rings is 1. The first-order chi connectivity index (χ1) is 16.3. The quantitative estimate of drug-likeness (QED) is 0.338. The van der Waals surface area contributed by atoms with Crippen molar-refractivity contribution in [2.45, 2.75) is 0 Å². The molecule has 0 spiro atoms. The Morgan fingerprint density at radius 2 is 1.64 bits per heavy atom. The van der Waals surface area contributed by atoms with E-state index in [1.807, 2.05) is 72.8 Å². The van der Waals surface area contributed by atoms with Crippen molar-refractivity contribution in [3.63, 3.8) is 0 Å². The lowest BCUT2D eigenvalue weighted by molar-refractivity contribution is 0.463. The zero-order valence-corrected chi connectivity index (χ0v) is 17.3. The third-order valence-corrected chi connectivity index (χ3v) is 5.33. The topological polar surface area (TPSA) is 81.3 Å². The van der Waals surface area contributed by atoms with Crippen molar-refractivity contribution < 1.29 is 14.3 Å². The third-order valence-electron chi connectivity index (χ3n) is 5.33. The summed E-state index contributed by atoms with van der Waals surface area (Å²) in [6.07, 6.45) is 1.68. The van der Waals surface area contributed by atoms with Crippen LogP contribution in [-0.4, -0.2) is 20.1 Å². The van der Waals surface area contributed by atoms with Gasteiger partial charge >= 0.3 is 0 Å². The summed E-state index contributed by atoms with van der Waals surface area (Å²) in [6.45, 7) is 0. The normalized spacial score (nSPS) is 11.2. The average Bonchev–Trinajstić information content (AvgIpc) is 3.23. The molecule has 0 atom stereocenters. The predicted octanol–water partition coefficient (Wildman–Crippen LogP) is 6.60. The Morgan fingerprint density at radius 3 is 2.52 bits per heavy atom. The van der Waals surface area contributed by atoms with Gasteiger partial charge in [0.1, 0.15) is 28.3 Å². The van der Waals surface area contributed by atoms with Crippen LogP contribution in [0.1, 0.15) is 0 Å². The lowest BCUT2D eigenvalue weighted by atomic mass is 10.1. The number of rotatable bonds is 4. The Labute approximate surface area is 188 Å². The highest BCUT2D eigenvalue weighted by molar-refractivity contribution is 6.07. The van der Waals surface area contributed by atoms with Gasteiger partial charge in [0, 0.05) is 28.8 Å². The van der Waals surface area contributed by atoms with E-state index in [9.17, 15) is 5.11 Å². The fourth-order valence-electron chi connectivity index (χ4n) is 3.80. The lowest BCUT2D eigenvalue weighted by Gasteiger charge is -2.09. The second-order valence-corrected chi connectivity index (χ2v) is 7.49. The molecule has 158 valence electrons. The maximum atomic E-state index is 10.5. The second-order valence-electron chi connectivity index (χ2n) is 7.49. The fraction of sp³-hybridized carbons (Fsp3) is 0. The van der Waals surface area contributed by atoms with Gasteiger partial charge in [-0.25, -0.2) is 15.0 Å². The van der Waals surface area contributed by atoms with Crippen LogP contribution in [0.2, 0.25) is 0 Å². The highest BCUT2D eigenvalue weighted by atomic mass is 16.5. The predicted molar refractivity (Wildman–Crippen MR) is 126 cm³/mol. The molecule has 3 aromatic carbocycles. The van der Waals surface area contributed by atoms with E-state index >= 15 is 0 Å². The summed E-state index contributed by atoms with van der Waals surface area (Å²) in [6, 6.07) is 27.8. The van der Waals surface area contributed by atoms with E-state index in [1.54, 1.807) is 24.4 Å². The van der Waals surface area contributed by atoms with Crippen molar-refractivity contribution in [2.24, 2.45) is 0 Å². The number of phenolic OH excluding ortho intramolecular Hbond substituents is 1. The highest BCUT2D eigenvalue weighted by Gasteiger charge is 2.19. The first kappa shape index (κ1) is 19.0. The van der Waals surface area contributed by atoms with Crippen LogP contribution in [0.15, 0.2) is 102 Å². The van der Waals surface area contributed by atoms with E-state index in [0.717, 1.165) is 10.9 Å². The Hall–Kier alpha value is -4.71. The molecule has 3 heterocycles. The van der Waals surface area contributed by atoms with Gasteiger partial charge in [-0.1, -0.05) is 42.5 Å². The summed E-state index contributed by atoms with van der Waals surface area (Å²) in [5.41, 5.74) is 3.80. The van der Waals surface area contributed by atoms with Crippen molar-refractivity contribution in [3.05, 3.63) is 97.2 Å². The molecule has 33 heavy (non-hydrogen) atoms. The van der Waals surface area contributed by atoms with Gasteiger partial charge in [0.05, 0.1) is 0 Å². The van der Waals surface area contributed by atoms with Crippen LogP contribution >= 0.6 is 0 Å². The van der Waals surface area contributed by atoms with Gasteiger partial charge in [0.15, 0.2) is 11.4 Å². The number of nitrogens with zero attached hydrogens (tertiary/aromatic N) is 3. The Morgan fingerprint density at radius 1 is 0.788 bits per heavy atom. The average molecular weight is 431 g/mol. The first-order valence-corrected chi connectivity index (χ1v) is 10.4. The molecule has 0 amide bonds. The van der Waals surface area contributed by atoms with Crippen LogP contribution in [0.5, 0.6) is 17.4 Å². The zero-order valence-electron chi connectivity index (χ0n) is 17.3. The molecule has 3 aromatic heterocycles. The van der Waals surface area contributed by atoms with Crippen molar-refractivity contribution >= 4 is 22.1 Å². The van der Waals surface area contributed by atoms with Gasteiger partial charge in [-0.3, -0.25) is 0 Å². The van der Waals surface area contributed by atoms with Gasteiger partial charge in [0.25, 0.3) is 0 Å². The van der Waals surface area contributed by atoms with Crippen LogP contribution in [-0.2, 0) is 0 Å². The highest BCUT2D eigenvalue weighted by Crippen LogP contribution is 2.38. The van der Waals surface area contributed by atoms with Crippen LogP contribution in [0.25, 0.3) is 44.7 Å². The largest absolute Gasteiger partial charge is 0.507 e. The summed E-state index contributed by atoms with van der Waals surface area (Å²) < 4.78 is 12.0. The molecule has 0 saturated heterocycles. The lowest BCUT2D eigenvalue weighted by Crippen LogP contribution is -1.95. The van der Waals surface area contributed by atoms with Gasteiger partial charge in [-0.15, -0.1) is 0 Å². The van der Waals surface area contributed by atoms with Crippen molar-refractivity contribution in [3.8, 4) is 40.0 Å². The molecule has 6 aromatic rings. The minimum atomic E-state index is 0.121. The number of aromatic hydroxyl groups is 1. The van der Waals surface area contributed by atoms with E-state index in [1.165, 1.54) is 0 Å². The van der Waals surface area contributed by atoms with E-state index in [4.69, 9.17) is 19.1 Å². The minimum Gasteiger partial charge on any atom is -0.507 e. The molecule has 6 nitrogen and oxygen atoms in total. The number of hydrogen-bond donors (Lipinski definition) is 1. The molecule has 0 radical (unpaired) electrons. The Kier molecular flexibility index (Phi) is 4.47. The summed E-state index contributed by atoms with van der Waals surface area (Å²) in [5, 5.41) is 11.4. The zero-order chi connectivity index (χ0) is 22.2. The number of hydrogen-bond acceptors (Lipinski definition) is 6. The molecule has 0 aliphatic heterocycles. The minimum absolute atomic E-state index is 0.121. The number of benzene rings is 3. The molecular formula is C27H17N3O3. The Bertz CT molecular complexity index is 1610. The maximum absolute atomic E-state index is 10.5. The first-order valence-electron chi connectivity index (χ1n) is 10.4. The fourth-order valence-corrected chi connectivity index (χ4v) is 3.80. The van der Waals surface area contributed by atoms with Crippen LogP contribution in [0.4, 0.5) is 0 Å². The summed E-state index contributed by atoms with van der Waals surface area (Å²) in [7, 11) is 0. The van der Waals surface area contributed by atoms with Gasteiger partial charge in [-0.2, -0.15) is 0 Å². The summed E-state index contributed by atoms with van der Waals surface area (Å²) >= 11 is 0. The second kappa shape index (κ2) is 7.76. The number of ether oxygens (including phenoxy) is 1. The molecular weight excluding hydrogens is 414 g/mol. The number of aromatic nitrogens is 3. The van der Waals surface area contributed by atoms with Crippen LogP contribution < -0.4 is 4.74 Å². The number of phenols is 1. The molecule has 0 unspecified atom stereocenters. The molecule has 0 aliphatic carbocycles. The van der Waals surface area contributed by atoms with E-state index < -0.39 is 0 Å². The van der Waals surface area contributed by atoms with Gasteiger partial charge in [0.2, 0.25) is 5.88 Å². The molecule has 0 fully saturated rings. The maximum Gasteiger partial charge on any atom is 0.219 e. The molecule has 1 N–H and O–H groups in total. The molecule has 6 rings (SSSR count). The van der Waals surface area contributed by atoms with Gasteiger partial charge < -0.3 is 14.3 Å². The number of fused-ring (bicyclic) bond motifs is 3. The van der Waals surface area contributed by atoms with Crippen LogP contribution in [0.3, 0.4) is 0 Å². The standard InChI is InChI=1S/C27H17N3O3/c31-21-12-3-1-10-19(21)24-26-25(20-11-2-4-13-22(20)33-26)30-27(29-24)17-8-7-9-18(16-17)32-23-14-5-6-15-28-23/h1-16,31H.